The van der Waals surface area contributed by atoms with Gasteiger partial charge in [-0.2, -0.15) is 0 Å². The third kappa shape index (κ3) is 4.89. The number of hydrogen-bond acceptors (Lipinski definition) is 2. The molecule has 3 atom stereocenters. The van der Waals surface area contributed by atoms with E-state index in [-0.39, 0.29) is 5.91 Å². The summed E-state index contributed by atoms with van der Waals surface area (Å²) < 4.78 is 0. The monoisotopic (exact) mass is 308 g/mol. The van der Waals surface area contributed by atoms with Crippen LogP contribution in [0.1, 0.15) is 51.9 Å². The molecule has 0 radical (unpaired) electrons. The number of rotatable bonds is 4. The second-order valence-corrected chi connectivity index (χ2v) is 7.07. The van der Waals surface area contributed by atoms with E-state index in [2.05, 4.69) is 22.1 Å². The van der Waals surface area contributed by atoms with E-state index in [0.717, 1.165) is 50.3 Å². The molecule has 1 amide bonds. The average molecular weight is 308 g/mol. The molecule has 5 heteroatoms. The molecule has 0 aromatic heterocycles. The van der Waals surface area contributed by atoms with Crippen LogP contribution in [-0.2, 0) is 4.79 Å². The van der Waals surface area contributed by atoms with Crippen LogP contribution < -0.4 is 11.1 Å². The van der Waals surface area contributed by atoms with Crippen molar-refractivity contribution in [1.29, 1.82) is 0 Å². The molecule has 0 aromatic carbocycles. The number of amides is 1. The molecule has 5 nitrogen and oxygen atoms in total. The first kappa shape index (κ1) is 17.1. The molecule has 2 aliphatic rings. The summed E-state index contributed by atoms with van der Waals surface area (Å²) in [5, 5.41) is 3.57. The van der Waals surface area contributed by atoms with Crippen molar-refractivity contribution < 1.29 is 4.79 Å². The first-order chi connectivity index (χ1) is 10.6. The van der Waals surface area contributed by atoms with E-state index in [1.165, 1.54) is 25.7 Å². The lowest BCUT2D eigenvalue weighted by Crippen LogP contribution is -2.48. The number of aliphatic imine (C=N–C) groups is 1. The van der Waals surface area contributed by atoms with Gasteiger partial charge in [-0.05, 0) is 37.0 Å². The molecule has 1 saturated heterocycles. The highest BCUT2D eigenvalue weighted by Crippen LogP contribution is 2.29. The average Bonchev–Trinajstić information content (AvgIpc) is 2.49. The van der Waals surface area contributed by atoms with Crippen molar-refractivity contribution in [2.24, 2.45) is 28.5 Å². The maximum atomic E-state index is 11.1. The molecular formula is C17H32N4O. The smallest absolute Gasteiger partial charge is 0.217 e. The molecule has 1 saturated carbocycles. The van der Waals surface area contributed by atoms with Crippen molar-refractivity contribution in [3.05, 3.63) is 0 Å². The lowest BCUT2D eigenvalue weighted by molar-refractivity contribution is -0.119. The number of nitrogens with zero attached hydrogens (tertiary/aromatic N) is 2. The fourth-order valence-electron chi connectivity index (χ4n) is 3.96. The van der Waals surface area contributed by atoms with Gasteiger partial charge in [-0.1, -0.05) is 26.2 Å². The summed E-state index contributed by atoms with van der Waals surface area (Å²) in [6, 6.07) is 0. The maximum absolute atomic E-state index is 11.1. The number of guanidine groups is 1. The third-order valence-electron chi connectivity index (χ3n) is 5.33. The Balaban J connectivity index is 1.84. The van der Waals surface area contributed by atoms with Gasteiger partial charge in [0.05, 0.1) is 0 Å². The molecule has 1 aliphatic heterocycles. The highest BCUT2D eigenvalue weighted by atomic mass is 16.1. The van der Waals surface area contributed by atoms with Crippen LogP contribution in [0.5, 0.6) is 0 Å². The number of likely N-dealkylation sites (tertiary alicyclic amines) is 1. The Morgan fingerprint density at radius 2 is 2.05 bits per heavy atom. The van der Waals surface area contributed by atoms with Crippen LogP contribution in [0.4, 0.5) is 0 Å². The number of carbonyl (C=O) groups excluding carboxylic acids is 1. The van der Waals surface area contributed by atoms with Crippen LogP contribution in [0.15, 0.2) is 4.99 Å². The van der Waals surface area contributed by atoms with Crippen molar-refractivity contribution in [1.82, 2.24) is 10.2 Å². The van der Waals surface area contributed by atoms with Crippen LogP contribution >= 0.6 is 0 Å². The molecule has 2 fully saturated rings. The maximum Gasteiger partial charge on any atom is 0.217 e. The molecule has 0 aromatic rings. The van der Waals surface area contributed by atoms with Gasteiger partial charge in [-0.25, -0.2) is 0 Å². The minimum atomic E-state index is -0.189. The molecule has 2 rings (SSSR count). The van der Waals surface area contributed by atoms with Crippen molar-refractivity contribution >= 4 is 11.9 Å². The zero-order valence-corrected chi connectivity index (χ0v) is 14.2. The van der Waals surface area contributed by atoms with Crippen molar-refractivity contribution in [2.75, 3.05) is 26.7 Å². The van der Waals surface area contributed by atoms with E-state index in [0.29, 0.717) is 12.3 Å². The molecule has 1 aliphatic carbocycles. The van der Waals surface area contributed by atoms with Crippen LogP contribution in [0, 0.1) is 17.8 Å². The molecule has 3 N–H and O–H groups in total. The number of nitrogens with one attached hydrogen (secondary N) is 1. The van der Waals surface area contributed by atoms with Gasteiger partial charge < -0.3 is 16.0 Å². The molecule has 0 spiro atoms. The first-order valence-electron chi connectivity index (χ1n) is 8.84. The summed E-state index contributed by atoms with van der Waals surface area (Å²) in [4.78, 5) is 17.9. The van der Waals surface area contributed by atoms with E-state index in [1.54, 1.807) is 0 Å². The van der Waals surface area contributed by atoms with Crippen LogP contribution in [-0.4, -0.2) is 43.4 Å². The first-order valence-corrected chi connectivity index (χ1v) is 8.84. The summed E-state index contributed by atoms with van der Waals surface area (Å²) in [5.74, 6) is 2.75. The van der Waals surface area contributed by atoms with Gasteiger partial charge in [-0.15, -0.1) is 0 Å². The van der Waals surface area contributed by atoms with Crippen LogP contribution in [0.3, 0.4) is 0 Å². The van der Waals surface area contributed by atoms with Gasteiger partial charge in [0.15, 0.2) is 5.96 Å². The minimum Gasteiger partial charge on any atom is -0.370 e. The molecule has 126 valence electrons. The highest BCUT2D eigenvalue weighted by molar-refractivity contribution is 5.80. The van der Waals surface area contributed by atoms with Crippen molar-refractivity contribution in [3.8, 4) is 0 Å². The molecular weight excluding hydrogens is 276 g/mol. The molecule has 22 heavy (non-hydrogen) atoms. The number of piperidine rings is 1. The lowest BCUT2D eigenvalue weighted by atomic mass is 9.80. The summed E-state index contributed by atoms with van der Waals surface area (Å²) in [7, 11) is 1.85. The van der Waals surface area contributed by atoms with Gasteiger partial charge in [0.1, 0.15) is 0 Å². The van der Waals surface area contributed by atoms with Gasteiger partial charge in [0, 0.05) is 33.1 Å². The van der Waals surface area contributed by atoms with E-state index >= 15 is 0 Å². The topological polar surface area (TPSA) is 70.7 Å². The SMILES string of the molecule is CN=C(NCC1CCCCC1C)N1CCCC(CC(N)=O)C1. The molecule has 0 bridgehead atoms. The van der Waals surface area contributed by atoms with Gasteiger partial charge >= 0.3 is 0 Å². The fraction of sp³-hybridized carbons (Fsp3) is 0.882. The van der Waals surface area contributed by atoms with E-state index in [4.69, 9.17) is 5.73 Å². The Bertz CT molecular complexity index is 396. The summed E-state index contributed by atoms with van der Waals surface area (Å²) in [6.45, 7) is 5.31. The molecule has 1 heterocycles. The largest absolute Gasteiger partial charge is 0.370 e. The number of primary amides is 1. The Hall–Kier alpha value is -1.26. The zero-order valence-electron chi connectivity index (χ0n) is 14.2. The Labute approximate surface area is 134 Å². The minimum absolute atomic E-state index is 0.189. The normalized spacial score (nSPS) is 30.2. The van der Waals surface area contributed by atoms with Gasteiger partial charge in [-0.3, -0.25) is 9.79 Å². The van der Waals surface area contributed by atoms with E-state index < -0.39 is 0 Å². The predicted molar refractivity (Wildman–Crippen MR) is 90.6 cm³/mol. The Morgan fingerprint density at radius 1 is 1.27 bits per heavy atom. The summed E-state index contributed by atoms with van der Waals surface area (Å²) in [6.07, 6.45) is 8.12. The van der Waals surface area contributed by atoms with Gasteiger partial charge in [0.2, 0.25) is 5.91 Å². The lowest BCUT2D eigenvalue weighted by Gasteiger charge is -2.36. The molecule has 3 unspecified atom stereocenters. The van der Waals surface area contributed by atoms with Gasteiger partial charge in [0.25, 0.3) is 0 Å². The fourth-order valence-corrected chi connectivity index (χ4v) is 3.96. The standard InChI is InChI=1S/C17H32N4O/c1-13-6-3-4-8-15(13)11-20-17(19-2)21-9-5-7-14(12-21)10-16(18)22/h13-15H,3-12H2,1-2H3,(H2,18,22)(H,19,20). The highest BCUT2D eigenvalue weighted by Gasteiger charge is 2.25. The quantitative estimate of drug-likeness (QED) is 0.616. The summed E-state index contributed by atoms with van der Waals surface area (Å²) >= 11 is 0. The predicted octanol–water partition coefficient (Wildman–Crippen LogP) is 1.98. The Kier molecular flexibility index (Phi) is 6.52. The number of carbonyl (C=O) groups is 1. The van der Waals surface area contributed by atoms with E-state index in [1.807, 2.05) is 7.05 Å². The zero-order chi connectivity index (χ0) is 15.9. The van der Waals surface area contributed by atoms with E-state index in [9.17, 15) is 4.79 Å². The summed E-state index contributed by atoms with van der Waals surface area (Å²) in [5.41, 5.74) is 5.35. The van der Waals surface area contributed by atoms with Crippen LogP contribution in [0.25, 0.3) is 0 Å². The second-order valence-electron chi connectivity index (χ2n) is 7.07. The van der Waals surface area contributed by atoms with Crippen molar-refractivity contribution in [3.63, 3.8) is 0 Å². The number of nitrogens with two attached hydrogens (primary N) is 1. The third-order valence-corrected chi connectivity index (χ3v) is 5.33. The second kappa shape index (κ2) is 8.39. The number of hydrogen-bond donors (Lipinski definition) is 2. The van der Waals surface area contributed by atoms with Crippen molar-refractivity contribution in [2.45, 2.75) is 51.9 Å². The Morgan fingerprint density at radius 3 is 2.73 bits per heavy atom. The van der Waals surface area contributed by atoms with Crippen LogP contribution in [0.2, 0.25) is 0 Å².